The molecule has 0 atom stereocenters. The Bertz CT molecular complexity index is 889. The summed E-state index contributed by atoms with van der Waals surface area (Å²) in [5.41, 5.74) is 2.58. The van der Waals surface area contributed by atoms with E-state index in [0.29, 0.717) is 38.2 Å². The third-order valence-electron chi connectivity index (χ3n) is 3.52. The molecule has 0 aliphatic carbocycles. The van der Waals surface area contributed by atoms with E-state index in [1.165, 1.54) is 13.2 Å². The van der Waals surface area contributed by atoms with Crippen molar-refractivity contribution in [2.45, 2.75) is 6.92 Å². The Labute approximate surface area is 130 Å². The molecule has 0 saturated heterocycles. The van der Waals surface area contributed by atoms with E-state index in [1.807, 2.05) is 0 Å². The summed E-state index contributed by atoms with van der Waals surface area (Å²) in [7, 11) is 1.31. The van der Waals surface area contributed by atoms with Crippen molar-refractivity contribution in [3.05, 3.63) is 52.4 Å². The number of carbonyl (C=O) groups is 1. The topological polar surface area (TPSA) is 55.0 Å². The third-order valence-corrected chi connectivity index (χ3v) is 3.84. The summed E-state index contributed by atoms with van der Waals surface area (Å²) in [5.74, 6) is -0.847. The molecule has 6 heteroatoms. The normalized spacial score (nSPS) is 10.9. The van der Waals surface area contributed by atoms with E-state index < -0.39 is 5.97 Å². The highest BCUT2D eigenvalue weighted by atomic mass is 35.5. The van der Waals surface area contributed by atoms with Gasteiger partial charge in [-0.25, -0.2) is 9.18 Å². The van der Waals surface area contributed by atoms with Gasteiger partial charge < -0.3 is 4.74 Å². The van der Waals surface area contributed by atoms with Crippen LogP contribution in [-0.4, -0.2) is 23.3 Å². The van der Waals surface area contributed by atoms with Crippen molar-refractivity contribution < 1.29 is 13.9 Å². The minimum Gasteiger partial charge on any atom is -0.465 e. The average Bonchev–Trinajstić information content (AvgIpc) is 2.97. The van der Waals surface area contributed by atoms with Crippen LogP contribution in [0, 0.1) is 12.7 Å². The molecule has 0 spiro atoms. The monoisotopic (exact) mass is 318 g/mol. The first-order valence-corrected chi connectivity index (χ1v) is 6.90. The highest BCUT2D eigenvalue weighted by molar-refractivity contribution is 6.33. The minimum absolute atomic E-state index is 0.348. The molecule has 1 heterocycles. The van der Waals surface area contributed by atoms with Crippen molar-refractivity contribution >= 4 is 28.5 Å². The van der Waals surface area contributed by atoms with Crippen LogP contribution in [0.1, 0.15) is 15.9 Å². The van der Waals surface area contributed by atoms with Gasteiger partial charge in [-0.2, -0.15) is 5.10 Å². The average molecular weight is 319 g/mol. The van der Waals surface area contributed by atoms with Gasteiger partial charge in [-0.3, -0.25) is 5.10 Å². The summed E-state index contributed by atoms with van der Waals surface area (Å²) in [6, 6.07) is 6.31. The summed E-state index contributed by atoms with van der Waals surface area (Å²) >= 11 is 6.22. The fourth-order valence-corrected chi connectivity index (χ4v) is 2.68. The molecule has 4 nitrogen and oxygen atoms in total. The van der Waals surface area contributed by atoms with Crippen LogP contribution >= 0.6 is 11.6 Å². The second-order valence-corrected chi connectivity index (χ2v) is 5.34. The van der Waals surface area contributed by atoms with Crippen molar-refractivity contribution in [1.29, 1.82) is 0 Å². The number of carbonyl (C=O) groups excluding carboxylic acids is 1. The predicted molar refractivity (Wildman–Crippen MR) is 82.6 cm³/mol. The molecule has 3 aromatic rings. The molecule has 112 valence electrons. The van der Waals surface area contributed by atoms with Crippen LogP contribution in [0.3, 0.4) is 0 Å². The molecule has 3 rings (SSSR count). The molecular weight excluding hydrogens is 307 g/mol. The molecule has 0 amide bonds. The lowest BCUT2D eigenvalue weighted by Gasteiger charge is -2.09. The number of nitrogens with zero attached hydrogens (tertiary/aromatic N) is 1. The number of fused-ring (bicyclic) bond motifs is 1. The second-order valence-electron chi connectivity index (χ2n) is 4.93. The zero-order valence-electron chi connectivity index (χ0n) is 11.9. The Hall–Kier alpha value is -2.40. The number of benzene rings is 2. The Balaban J connectivity index is 2.28. The van der Waals surface area contributed by atoms with Gasteiger partial charge in [0.15, 0.2) is 0 Å². The lowest BCUT2D eigenvalue weighted by molar-refractivity contribution is 0.0603. The lowest BCUT2D eigenvalue weighted by Crippen LogP contribution is -2.02. The van der Waals surface area contributed by atoms with Gasteiger partial charge in [-0.15, -0.1) is 0 Å². The molecule has 0 fully saturated rings. The SMILES string of the molecule is COC(=O)c1cc(-c2cc(F)c(C)cc2Cl)cc2[nH]ncc12. The van der Waals surface area contributed by atoms with Crippen LogP contribution in [0.15, 0.2) is 30.5 Å². The summed E-state index contributed by atoms with van der Waals surface area (Å²) in [6.07, 6.45) is 1.54. The minimum atomic E-state index is -0.489. The maximum absolute atomic E-state index is 13.9. The van der Waals surface area contributed by atoms with E-state index in [0.717, 1.165) is 0 Å². The first kappa shape index (κ1) is 14.5. The fourth-order valence-electron chi connectivity index (χ4n) is 2.35. The summed E-state index contributed by atoms with van der Waals surface area (Å²) in [6.45, 7) is 1.64. The van der Waals surface area contributed by atoms with E-state index in [1.54, 1.807) is 31.3 Å². The Morgan fingerprint density at radius 1 is 1.32 bits per heavy atom. The summed E-state index contributed by atoms with van der Waals surface area (Å²) in [4.78, 5) is 11.9. The van der Waals surface area contributed by atoms with E-state index >= 15 is 0 Å². The van der Waals surface area contributed by atoms with E-state index in [2.05, 4.69) is 10.2 Å². The predicted octanol–water partition coefficient (Wildman–Crippen LogP) is 4.12. The van der Waals surface area contributed by atoms with Crippen LogP contribution in [0.4, 0.5) is 4.39 Å². The molecule has 0 aliphatic rings. The number of hydrogen-bond donors (Lipinski definition) is 1. The van der Waals surface area contributed by atoms with Crippen molar-refractivity contribution in [3.63, 3.8) is 0 Å². The van der Waals surface area contributed by atoms with E-state index in [-0.39, 0.29) is 5.82 Å². The van der Waals surface area contributed by atoms with Crippen LogP contribution in [0.25, 0.3) is 22.0 Å². The molecule has 0 radical (unpaired) electrons. The molecule has 0 aliphatic heterocycles. The third kappa shape index (κ3) is 2.33. The number of aryl methyl sites for hydroxylation is 1. The maximum atomic E-state index is 13.9. The smallest absolute Gasteiger partial charge is 0.338 e. The maximum Gasteiger partial charge on any atom is 0.338 e. The quantitative estimate of drug-likeness (QED) is 0.723. The van der Waals surface area contributed by atoms with Gasteiger partial charge in [0.1, 0.15) is 5.82 Å². The molecule has 0 unspecified atom stereocenters. The second kappa shape index (κ2) is 5.42. The number of ether oxygens (including phenoxy) is 1. The van der Waals surface area contributed by atoms with E-state index in [9.17, 15) is 9.18 Å². The van der Waals surface area contributed by atoms with Crippen LogP contribution in [-0.2, 0) is 4.74 Å². The number of nitrogens with one attached hydrogen (secondary N) is 1. The zero-order chi connectivity index (χ0) is 15.9. The molecule has 2 aromatic carbocycles. The van der Waals surface area contributed by atoms with Crippen molar-refractivity contribution in [3.8, 4) is 11.1 Å². The standard InChI is InChI=1S/C16H12ClFN2O2/c1-8-3-13(17)10(6-14(8)18)9-4-11(16(21)22-2)12-7-19-20-15(12)5-9/h3-7H,1-2H3,(H,19,20). The van der Waals surface area contributed by atoms with Crippen molar-refractivity contribution in [2.24, 2.45) is 0 Å². The number of methoxy groups -OCH3 is 1. The molecule has 0 saturated carbocycles. The number of hydrogen-bond acceptors (Lipinski definition) is 3. The molecular formula is C16H12ClFN2O2. The van der Waals surface area contributed by atoms with Crippen molar-refractivity contribution in [2.75, 3.05) is 7.11 Å². The lowest BCUT2D eigenvalue weighted by atomic mass is 9.99. The van der Waals surface area contributed by atoms with Gasteiger partial charge in [0.05, 0.1) is 24.4 Å². The highest BCUT2D eigenvalue weighted by Gasteiger charge is 2.16. The Morgan fingerprint density at radius 2 is 2.09 bits per heavy atom. The summed E-state index contributed by atoms with van der Waals surface area (Å²) < 4.78 is 18.6. The van der Waals surface area contributed by atoms with Gasteiger partial charge in [0.25, 0.3) is 0 Å². The molecule has 22 heavy (non-hydrogen) atoms. The van der Waals surface area contributed by atoms with Crippen LogP contribution < -0.4 is 0 Å². The Kier molecular flexibility index (Phi) is 3.58. The highest BCUT2D eigenvalue weighted by Crippen LogP contribution is 2.33. The summed E-state index contributed by atoms with van der Waals surface area (Å²) in [5, 5.41) is 7.78. The fraction of sp³-hybridized carbons (Fsp3) is 0.125. The molecule has 1 N–H and O–H groups in total. The molecule has 0 bridgehead atoms. The van der Waals surface area contributed by atoms with Crippen LogP contribution in [0.2, 0.25) is 5.02 Å². The Morgan fingerprint density at radius 3 is 2.82 bits per heavy atom. The zero-order valence-corrected chi connectivity index (χ0v) is 12.7. The van der Waals surface area contributed by atoms with E-state index in [4.69, 9.17) is 16.3 Å². The first-order chi connectivity index (χ1) is 10.5. The van der Waals surface area contributed by atoms with Crippen molar-refractivity contribution in [1.82, 2.24) is 10.2 Å². The molecule has 1 aromatic heterocycles. The number of aromatic nitrogens is 2. The van der Waals surface area contributed by atoms with Gasteiger partial charge in [0.2, 0.25) is 0 Å². The van der Waals surface area contributed by atoms with Crippen LogP contribution in [0.5, 0.6) is 0 Å². The van der Waals surface area contributed by atoms with Gasteiger partial charge in [-0.1, -0.05) is 11.6 Å². The largest absolute Gasteiger partial charge is 0.465 e. The number of esters is 1. The van der Waals surface area contributed by atoms with Gasteiger partial charge >= 0.3 is 5.97 Å². The van der Waals surface area contributed by atoms with Gasteiger partial charge in [-0.05, 0) is 42.3 Å². The first-order valence-electron chi connectivity index (χ1n) is 6.52. The van der Waals surface area contributed by atoms with Gasteiger partial charge in [0, 0.05) is 16.0 Å². The number of rotatable bonds is 2. The number of aromatic amines is 1. The number of H-pyrrole nitrogens is 1. The number of halogens is 2.